The fourth-order valence-electron chi connectivity index (χ4n) is 3.15. The maximum absolute atomic E-state index is 12.7. The molecular formula is C17H23N5O4S. The minimum atomic E-state index is -3.56. The number of aryl methyl sites for hydroxylation is 1. The van der Waals surface area contributed by atoms with E-state index >= 15 is 0 Å². The van der Waals surface area contributed by atoms with E-state index in [1.807, 2.05) is 11.8 Å². The van der Waals surface area contributed by atoms with Gasteiger partial charge in [-0.25, -0.2) is 8.42 Å². The highest BCUT2D eigenvalue weighted by Crippen LogP contribution is 2.19. The summed E-state index contributed by atoms with van der Waals surface area (Å²) in [6, 6.07) is 4.44. The van der Waals surface area contributed by atoms with E-state index in [2.05, 4.69) is 15.5 Å². The van der Waals surface area contributed by atoms with Crippen LogP contribution >= 0.6 is 0 Å². The SMILES string of the molecule is CCC(C(=O)Nc1cc(C)on1)N1CCN(S(=O)(=O)c2cccnc2)CC1. The summed E-state index contributed by atoms with van der Waals surface area (Å²) in [6.07, 6.45) is 3.50. The molecule has 1 aliphatic heterocycles. The van der Waals surface area contributed by atoms with Crippen molar-refractivity contribution in [2.45, 2.75) is 31.2 Å². The van der Waals surface area contributed by atoms with E-state index in [0.29, 0.717) is 44.2 Å². The second kappa shape index (κ2) is 8.15. The molecule has 1 aliphatic rings. The molecule has 1 amide bonds. The van der Waals surface area contributed by atoms with Crippen molar-refractivity contribution in [2.24, 2.45) is 0 Å². The first-order valence-corrected chi connectivity index (χ1v) is 10.2. The van der Waals surface area contributed by atoms with Gasteiger partial charge in [0.1, 0.15) is 10.7 Å². The van der Waals surface area contributed by atoms with Gasteiger partial charge in [0, 0.05) is 44.6 Å². The predicted molar refractivity (Wildman–Crippen MR) is 98.5 cm³/mol. The van der Waals surface area contributed by atoms with Crippen LogP contribution in [0.5, 0.6) is 0 Å². The Labute approximate surface area is 158 Å². The van der Waals surface area contributed by atoms with Gasteiger partial charge in [-0.15, -0.1) is 0 Å². The summed E-state index contributed by atoms with van der Waals surface area (Å²) >= 11 is 0. The lowest BCUT2D eigenvalue weighted by Gasteiger charge is -2.37. The standard InChI is InChI=1S/C17H23N5O4S/c1-3-15(17(23)19-16-11-13(2)26-20-16)21-7-9-22(10-8-21)27(24,25)14-5-4-6-18-12-14/h4-6,11-12,15H,3,7-10H2,1-2H3,(H,19,20,23). The number of amides is 1. The number of nitrogens with zero attached hydrogens (tertiary/aromatic N) is 4. The van der Waals surface area contributed by atoms with Gasteiger partial charge in [-0.3, -0.25) is 14.7 Å². The number of carbonyl (C=O) groups is 1. The average Bonchev–Trinajstić information content (AvgIpc) is 3.08. The number of sulfonamides is 1. The molecule has 1 N–H and O–H groups in total. The second-order valence-corrected chi connectivity index (χ2v) is 8.30. The van der Waals surface area contributed by atoms with E-state index in [1.165, 1.54) is 22.8 Å². The minimum absolute atomic E-state index is 0.172. The molecule has 2 aromatic heterocycles. The molecule has 0 bridgehead atoms. The highest BCUT2D eigenvalue weighted by Gasteiger charge is 2.33. The van der Waals surface area contributed by atoms with E-state index in [9.17, 15) is 13.2 Å². The van der Waals surface area contributed by atoms with Crippen LogP contribution in [0.25, 0.3) is 0 Å². The summed E-state index contributed by atoms with van der Waals surface area (Å²) in [5.74, 6) is 0.829. The van der Waals surface area contributed by atoms with Gasteiger partial charge in [0.2, 0.25) is 15.9 Å². The Bertz CT molecular complexity index is 876. The summed E-state index contributed by atoms with van der Waals surface area (Å²) in [6.45, 7) is 5.28. The monoisotopic (exact) mass is 393 g/mol. The molecule has 27 heavy (non-hydrogen) atoms. The van der Waals surface area contributed by atoms with Crippen molar-refractivity contribution in [1.29, 1.82) is 0 Å². The van der Waals surface area contributed by atoms with Crippen molar-refractivity contribution < 1.29 is 17.7 Å². The van der Waals surface area contributed by atoms with Crippen LogP contribution in [0.2, 0.25) is 0 Å². The largest absolute Gasteiger partial charge is 0.360 e. The molecule has 3 heterocycles. The maximum atomic E-state index is 12.7. The third kappa shape index (κ3) is 4.34. The number of hydrogen-bond donors (Lipinski definition) is 1. The molecule has 1 fully saturated rings. The highest BCUT2D eigenvalue weighted by atomic mass is 32.2. The van der Waals surface area contributed by atoms with Gasteiger partial charge in [-0.05, 0) is 25.5 Å². The molecule has 2 aromatic rings. The predicted octanol–water partition coefficient (Wildman–Crippen LogP) is 1.10. The first-order chi connectivity index (χ1) is 12.9. The normalized spacial score (nSPS) is 17.6. The lowest BCUT2D eigenvalue weighted by Crippen LogP contribution is -2.54. The molecule has 1 saturated heterocycles. The molecule has 1 unspecified atom stereocenters. The van der Waals surface area contributed by atoms with E-state index < -0.39 is 10.0 Å². The van der Waals surface area contributed by atoms with Crippen molar-refractivity contribution in [3.63, 3.8) is 0 Å². The minimum Gasteiger partial charge on any atom is -0.360 e. The Morgan fingerprint density at radius 2 is 2.07 bits per heavy atom. The van der Waals surface area contributed by atoms with Crippen LogP contribution in [0.1, 0.15) is 19.1 Å². The number of nitrogens with one attached hydrogen (secondary N) is 1. The number of piperazine rings is 1. The molecule has 0 radical (unpaired) electrons. The highest BCUT2D eigenvalue weighted by molar-refractivity contribution is 7.89. The van der Waals surface area contributed by atoms with Crippen LogP contribution in [-0.2, 0) is 14.8 Å². The zero-order valence-corrected chi connectivity index (χ0v) is 16.1. The van der Waals surface area contributed by atoms with E-state index in [-0.39, 0.29) is 16.8 Å². The summed E-state index contributed by atoms with van der Waals surface area (Å²) in [7, 11) is -3.56. The Hall–Kier alpha value is -2.30. The first-order valence-electron chi connectivity index (χ1n) is 8.80. The lowest BCUT2D eigenvalue weighted by molar-refractivity contribution is -0.121. The second-order valence-electron chi connectivity index (χ2n) is 6.36. The van der Waals surface area contributed by atoms with Crippen LogP contribution in [0.3, 0.4) is 0 Å². The number of carbonyl (C=O) groups excluding carboxylic acids is 1. The quantitative estimate of drug-likeness (QED) is 0.783. The van der Waals surface area contributed by atoms with E-state index in [1.54, 1.807) is 19.1 Å². The van der Waals surface area contributed by atoms with E-state index in [4.69, 9.17) is 4.52 Å². The maximum Gasteiger partial charge on any atom is 0.244 e. The zero-order chi connectivity index (χ0) is 19.4. The van der Waals surface area contributed by atoms with Crippen LogP contribution in [0.4, 0.5) is 5.82 Å². The number of aromatic nitrogens is 2. The van der Waals surface area contributed by atoms with Gasteiger partial charge in [-0.1, -0.05) is 12.1 Å². The number of pyridine rings is 1. The summed E-state index contributed by atoms with van der Waals surface area (Å²) in [4.78, 5) is 18.6. The van der Waals surface area contributed by atoms with Crippen LogP contribution in [0, 0.1) is 6.92 Å². The van der Waals surface area contributed by atoms with Gasteiger partial charge in [0.15, 0.2) is 5.82 Å². The number of hydrogen-bond acceptors (Lipinski definition) is 7. The summed E-state index contributed by atoms with van der Waals surface area (Å²) in [5, 5.41) is 6.53. The van der Waals surface area contributed by atoms with Gasteiger partial charge in [0.25, 0.3) is 0 Å². The molecule has 3 rings (SSSR count). The van der Waals surface area contributed by atoms with Crippen molar-refractivity contribution in [2.75, 3.05) is 31.5 Å². The molecule has 1 atom stereocenters. The van der Waals surface area contributed by atoms with Crippen LogP contribution in [0.15, 0.2) is 40.0 Å². The van der Waals surface area contributed by atoms with Crippen molar-refractivity contribution >= 4 is 21.7 Å². The Morgan fingerprint density at radius 1 is 1.33 bits per heavy atom. The molecule has 0 aromatic carbocycles. The topological polar surface area (TPSA) is 109 Å². The van der Waals surface area contributed by atoms with Crippen molar-refractivity contribution in [3.8, 4) is 0 Å². The Balaban J connectivity index is 1.62. The summed E-state index contributed by atoms with van der Waals surface area (Å²) in [5.41, 5.74) is 0. The molecular weight excluding hydrogens is 370 g/mol. The third-order valence-corrected chi connectivity index (χ3v) is 6.44. The van der Waals surface area contributed by atoms with Gasteiger partial charge in [0.05, 0.1) is 6.04 Å². The van der Waals surface area contributed by atoms with Gasteiger partial charge in [-0.2, -0.15) is 4.31 Å². The zero-order valence-electron chi connectivity index (χ0n) is 15.3. The van der Waals surface area contributed by atoms with Crippen LogP contribution < -0.4 is 5.32 Å². The van der Waals surface area contributed by atoms with Gasteiger partial charge < -0.3 is 9.84 Å². The van der Waals surface area contributed by atoms with E-state index in [0.717, 1.165) is 0 Å². The first kappa shape index (κ1) is 19.5. The third-order valence-electron chi connectivity index (χ3n) is 4.55. The lowest BCUT2D eigenvalue weighted by atomic mass is 10.1. The Morgan fingerprint density at radius 3 is 2.63 bits per heavy atom. The molecule has 10 heteroatoms. The van der Waals surface area contributed by atoms with Crippen molar-refractivity contribution in [1.82, 2.24) is 19.3 Å². The number of anilines is 1. The molecule has 0 aliphatic carbocycles. The molecule has 0 saturated carbocycles. The fourth-order valence-corrected chi connectivity index (χ4v) is 4.54. The number of rotatable bonds is 6. The summed E-state index contributed by atoms with van der Waals surface area (Å²) < 4.78 is 31.8. The smallest absolute Gasteiger partial charge is 0.244 e. The van der Waals surface area contributed by atoms with Crippen molar-refractivity contribution in [3.05, 3.63) is 36.4 Å². The molecule has 146 valence electrons. The Kier molecular flexibility index (Phi) is 5.88. The van der Waals surface area contributed by atoms with Crippen LogP contribution in [-0.4, -0.2) is 65.9 Å². The molecule has 0 spiro atoms. The average molecular weight is 393 g/mol. The fraction of sp³-hybridized carbons (Fsp3) is 0.471. The van der Waals surface area contributed by atoms with Gasteiger partial charge >= 0.3 is 0 Å². The molecule has 9 nitrogen and oxygen atoms in total.